The van der Waals surface area contributed by atoms with Gasteiger partial charge in [0.15, 0.2) is 0 Å². The minimum atomic E-state index is 0.116. The number of halogens is 3. The third-order valence-electron chi connectivity index (χ3n) is 2.81. The van der Waals surface area contributed by atoms with Crippen molar-refractivity contribution in [3.8, 4) is 5.75 Å². The molecule has 17 heavy (non-hydrogen) atoms. The Morgan fingerprint density at radius 3 is 1.76 bits per heavy atom. The van der Waals surface area contributed by atoms with Crippen molar-refractivity contribution in [1.29, 1.82) is 0 Å². The molecule has 0 saturated carbocycles. The molecule has 1 aromatic carbocycles. The molecule has 0 unspecified atom stereocenters. The first-order valence-corrected chi connectivity index (χ1v) is 6.90. The fourth-order valence-corrected chi connectivity index (χ4v) is 3.32. The number of aromatic hydroxyl groups is 1. The highest BCUT2D eigenvalue weighted by molar-refractivity contribution is 6.38. The lowest BCUT2D eigenvalue weighted by Gasteiger charge is -2.21. The van der Waals surface area contributed by atoms with Crippen molar-refractivity contribution in [3.63, 3.8) is 0 Å². The molecule has 1 rings (SSSR count). The van der Waals surface area contributed by atoms with Gasteiger partial charge in [-0.15, -0.1) is 11.6 Å². The molecule has 0 amide bonds. The third-order valence-corrected chi connectivity index (χ3v) is 3.90. The summed E-state index contributed by atoms with van der Waals surface area (Å²) in [5.74, 6) is 0.658. The molecule has 0 aromatic heterocycles. The molecule has 0 aliphatic carbocycles. The van der Waals surface area contributed by atoms with Crippen LogP contribution in [0, 0.1) is 0 Å². The quantitative estimate of drug-likeness (QED) is 0.711. The maximum atomic E-state index is 10.2. The first-order chi connectivity index (χ1) is 7.82. The van der Waals surface area contributed by atoms with E-state index >= 15 is 0 Å². The predicted molar refractivity (Wildman–Crippen MR) is 75.9 cm³/mol. The van der Waals surface area contributed by atoms with E-state index in [2.05, 4.69) is 0 Å². The van der Waals surface area contributed by atoms with Gasteiger partial charge in [-0.25, -0.2) is 0 Å². The summed E-state index contributed by atoms with van der Waals surface area (Å²) >= 11 is 18.5. The van der Waals surface area contributed by atoms with E-state index in [0.29, 0.717) is 10.0 Å². The highest BCUT2D eigenvalue weighted by Gasteiger charge is 2.24. The zero-order valence-corrected chi connectivity index (χ0v) is 12.7. The molecule has 0 radical (unpaired) electrons. The van der Waals surface area contributed by atoms with E-state index < -0.39 is 0 Å². The normalized spacial score (nSPS) is 11.6. The molecule has 4 heteroatoms. The van der Waals surface area contributed by atoms with Crippen LogP contribution in [0.15, 0.2) is 0 Å². The van der Waals surface area contributed by atoms with Crippen LogP contribution in [0.1, 0.15) is 56.2 Å². The van der Waals surface area contributed by atoms with Crippen LogP contribution in [-0.2, 0) is 5.88 Å². The number of benzene rings is 1. The first kappa shape index (κ1) is 14.9. The maximum absolute atomic E-state index is 10.2. The fourth-order valence-electron chi connectivity index (χ4n) is 2.03. The van der Waals surface area contributed by atoms with Gasteiger partial charge in [0.1, 0.15) is 5.75 Å². The van der Waals surface area contributed by atoms with Crippen LogP contribution < -0.4 is 0 Å². The standard InChI is InChI=1S/C13H17Cl3O/c1-6(2)9-8(5-14)11(15)10(7(3)4)12(16)13(9)17/h6-7,17H,5H2,1-4H3. The number of hydrogen-bond acceptors (Lipinski definition) is 1. The second-order valence-corrected chi connectivity index (χ2v) is 5.75. The number of hydrogen-bond donors (Lipinski definition) is 1. The summed E-state index contributed by atoms with van der Waals surface area (Å²) in [7, 11) is 0. The highest BCUT2D eigenvalue weighted by atomic mass is 35.5. The Kier molecular flexibility index (Phi) is 5.00. The van der Waals surface area contributed by atoms with Crippen LogP contribution in [-0.4, -0.2) is 5.11 Å². The van der Waals surface area contributed by atoms with E-state index in [0.717, 1.165) is 16.7 Å². The minimum Gasteiger partial charge on any atom is -0.506 e. The lowest BCUT2D eigenvalue weighted by molar-refractivity contribution is 0.463. The molecule has 0 saturated heterocycles. The van der Waals surface area contributed by atoms with Gasteiger partial charge in [-0.1, -0.05) is 50.9 Å². The highest BCUT2D eigenvalue weighted by Crippen LogP contribution is 2.45. The van der Waals surface area contributed by atoms with Gasteiger partial charge >= 0.3 is 0 Å². The van der Waals surface area contributed by atoms with Gasteiger partial charge in [-0.3, -0.25) is 0 Å². The summed E-state index contributed by atoms with van der Waals surface area (Å²) in [5, 5.41) is 11.1. The molecule has 1 aromatic rings. The zero-order chi connectivity index (χ0) is 13.3. The second-order valence-electron chi connectivity index (χ2n) is 4.73. The molecule has 0 bridgehead atoms. The van der Waals surface area contributed by atoms with Gasteiger partial charge < -0.3 is 5.11 Å². The Bertz CT molecular complexity index is 425. The Labute approximate surface area is 118 Å². The summed E-state index contributed by atoms with van der Waals surface area (Å²) in [5.41, 5.74) is 2.30. The molecule has 1 nitrogen and oxygen atoms in total. The van der Waals surface area contributed by atoms with Gasteiger partial charge in [0.05, 0.1) is 10.0 Å². The van der Waals surface area contributed by atoms with Gasteiger partial charge in [0.25, 0.3) is 0 Å². The topological polar surface area (TPSA) is 20.2 Å². The fraction of sp³-hybridized carbons (Fsp3) is 0.538. The number of alkyl halides is 1. The van der Waals surface area contributed by atoms with Crippen LogP contribution in [0.2, 0.25) is 10.0 Å². The van der Waals surface area contributed by atoms with Gasteiger partial charge in [-0.05, 0) is 23.0 Å². The smallest absolute Gasteiger partial charge is 0.138 e. The monoisotopic (exact) mass is 294 g/mol. The summed E-state index contributed by atoms with van der Waals surface area (Å²) < 4.78 is 0. The van der Waals surface area contributed by atoms with Gasteiger partial charge in [0.2, 0.25) is 0 Å². The van der Waals surface area contributed by atoms with Crippen molar-refractivity contribution in [2.24, 2.45) is 0 Å². The SMILES string of the molecule is CC(C)c1c(Cl)c(O)c(C(C)C)c(CCl)c1Cl. The van der Waals surface area contributed by atoms with Crippen LogP contribution in [0.5, 0.6) is 5.75 Å². The molecular formula is C13H17Cl3O. The van der Waals surface area contributed by atoms with Crippen LogP contribution in [0.3, 0.4) is 0 Å². The molecule has 96 valence electrons. The van der Waals surface area contributed by atoms with Crippen molar-refractivity contribution in [1.82, 2.24) is 0 Å². The van der Waals surface area contributed by atoms with Crippen molar-refractivity contribution in [2.75, 3.05) is 0 Å². The Morgan fingerprint density at radius 1 is 0.941 bits per heavy atom. The van der Waals surface area contributed by atoms with Crippen molar-refractivity contribution in [3.05, 3.63) is 26.7 Å². The Hall–Kier alpha value is -0.110. The molecule has 0 atom stereocenters. The summed E-state index contributed by atoms with van der Waals surface area (Å²) in [4.78, 5) is 0. The lowest BCUT2D eigenvalue weighted by atomic mass is 9.91. The Balaban J connectivity index is 3.68. The molecular weight excluding hydrogens is 279 g/mol. The maximum Gasteiger partial charge on any atom is 0.138 e. The minimum absolute atomic E-state index is 0.116. The molecule has 1 N–H and O–H groups in total. The zero-order valence-electron chi connectivity index (χ0n) is 10.4. The van der Waals surface area contributed by atoms with E-state index in [1.807, 2.05) is 27.7 Å². The molecule has 0 spiro atoms. The molecule has 0 heterocycles. The van der Waals surface area contributed by atoms with Crippen molar-refractivity contribution in [2.45, 2.75) is 45.4 Å². The van der Waals surface area contributed by atoms with Gasteiger partial charge in [-0.2, -0.15) is 0 Å². The lowest BCUT2D eigenvalue weighted by Crippen LogP contribution is -2.02. The van der Waals surface area contributed by atoms with Crippen LogP contribution in [0.4, 0.5) is 0 Å². The second kappa shape index (κ2) is 5.69. The summed E-state index contributed by atoms with van der Waals surface area (Å²) in [6.07, 6.45) is 0. The van der Waals surface area contributed by atoms with Crippen molar-refractivity contribution >= 4 is 34.8 Å². The van der Waals surface area contributed by atoms with Crippen LogP contribution >= 0.6 is 34.8 Å². The van der Waals surface area contributed by atoms with E-state index in [1.54, 1.807) is 0 Å². The molecule has 0 fully saturated rings. The third kappa shape index (κ3) is 2.67. The number of phenolic OH excluding ortho intramolecular Hbond substituents is 1. The average molecular weight is 296 g/mol. The molecule has 0 aliphatic heterocycles. The van der Waals surface area contributed by atoms with E-state index in [9.17, 15) is 5.11 Å². The first-order valence-electron chi connectivity index (χ1n) is 5.61. The number of rotatable bonds is 3. The molecule has 0 aliphatic rings. The predicted octanol–water partition coefficient (Wildman–Crippen LogP) is 5.68. The van der Waals surface area contributed by atoms with E-state index in [4.69, 9.17) is 34.8 Å². The average Bonchev–Trinajstić information content (AvgIpc) is 2.22. The van der Waals surface area contributed by atoms with E-state index in [-0.39, 0.29) is 23.5 Å². The van der Waals surface area contributed by atoms with E-state index in [1.165, 1.54) is 0 Å². The van der Waals surface area contributed by atoms with Crippen molar-refractivity contribution < 1.29 is 5.11 Å². The van der Waals surface area contributed by atoms with Gasteiger partial charge in [0, 0.05) is 11.4 Å². The largest absolute Gasteiger partial charge is 0.506 e. The number of phenols is 1. The Morgan fingerprint density at radius 2 is 1.41 bits per heavy atom. The summed E-state index contributed by atoms with van der Waals surface area (Å²) in [6.45, 7) is 7.93. The van der Waals surface area contributed by atoms with Crippen LogP contribution in [0.25, 0.3) is 0 Å². The summed E-state index contributed by atoms with van der Waals surface area (Å²) in [6, 6.07) is 0.